The largest absolute Gasteiger partial charge is 0.481 e. The van der Waals surface area contributed by atoms with Gasteiger partial charge >= 0.3 is 0 Å². The summed E-state index contributed by atoms with van der Waals surface area (Å²) in [4.78, 5) is 22.3. The number of likely N-dealkylation sites (tertiary alicyclic amines) is 1. The quantitative estimate of drug-likeness (QED) is 0.844. The van der Waals surface area contributed by atoms with Crippen LogP contribution in [-0.2, 0) is 0 Å². The summed E-state index contributed by atoms with van der Waals surface area (Å²) >= 11 is 0. The lowest BCUT2D eigenvalue weighted by atomic mass is 10.1. The molecule has 0 radical (unpaired) electrons. The van der Waals surface area contributed by atoms with Gasteiger partial charge in [0.05, 0.1) is 18.7 Å². The van der Waals surface area contributed by atoms with Gasteiger partial charge in [0.2, 0.25) is 5.88 Å². The molecule has 0 saturated carbocycles. The van der Waals surface area contributed by atoms with E-state index in [-0.39, 0.29) is 5.91 Å². The van der Waals surface area contributed by atoms with Crippen LogP contribution in [0.2, 0.25) is 0 Å². The van der Waals surface area contributed by atoms with Gasteiger partial charge in [-0.25, -0.2) is 9.97 Å². The van der Waals surface area contributed by atoms with Crippen molar-refractivity contribution < 1.29 is 9.53 Å². The Hall–Kier alpha value is -2.37. The zero-order valence-electron chi connectivity index (χ0n) is 11.5. The summed E-state index contributed by atoms with van der Waals surface area (Å²) in [6.45, 7) is 3.39. The lowest BCUT2D eigenvalue weighted by Gasteiger charge is -2.40. The van der Waals surface area contributed by atoms with Crippen molar-refractivity contribution >= 4 is 5.91 Å². The molecule has 6 heteroatoms. The summed E-state index contributed by atoms with van der Waals surface area (Å²) in [7, 11) is 1.55. The Morgan fingerprint density at radius 2 is 2.15 bits per heavy atom. The SMILES string of the molecule is COc1ccc(C(=O)N2CC(n3ccnc3C)C2)cn1. The Bertz CT molecular complexity index is 614. The predicted octanol–water partition coefficient (Wildman–Crippen LogP) is 1.29. The number of amides is 1. The van der Waals surface area contributed by atoms with Crippen LogP contribution in [0.5, 0.6) is 5.88 Å². The van der Waals surface area contributed by atoms with Crippen molar-refractivity contribution in [1.82, 2.24) is 19.4 Å². The molecule has 3 rings (SSSR count). The first-order valence-electron chi connectivity index (χ1n) is 6.48. The minimum absolute atomic E-state index is 0.00849. The molecule has 0 aliphatic carbocycles. The summed E-state index contributed by atoms with van der Waals surface area (Å²) < 4.78 is 7.09. The monoisotopic (exact) mass is 272 g/mol. The van der Waals surface area contributed by atoms with Gasteiger partial charge in [-0.15, -0.1) is 0 Å². The van der Waals surface area contributed by atoms with E-state index in [1.54, 1.807) is 31.6 Å². The molecule has 2 aromatic rings. The molecule has 2 aromatic heterocycles. The van der Waals surface area contributed by atoms with E-state index < -0.39 is 0 Å². The standard InChI is InChI=1S/C14H16N4O2/c1-10-15-5-6-18(10)12-8-17(9-12)14(19)11-3-4-13(20-2)16-7-11/h3-7,12H,8-9H2,1-2H3. The summed E-state index contributed by atoms with van der Waals surface area (Å²) in [6.07, 6.45) is 5.29. The number of hydrogen-bond donors (Lipinski definition) is 0. The number of pyridine rings is 1. The lowest BCUT2D eigenvalue weighted by molar-refractivity contribution is 0.0517. The average molecular weight is 272 g/mol. The number of aromatic nitrogens is 3. The normalized spacial score (nSPS) is 15.0. The maximum absolute atomic E-state index is 12.2. The van der Waals surface area contributed by atoms with Crippen LogP contribution in [0.15, 0.2) is 30.7 Å². The number of carbonyl (C=O) groups excluding carboxylic acids is 1. The van der Waals surface area contributed by atoms with Crippen molar-refractivity contribution in [2.75, 3.05) is 20.2 Å². The Kier molecular flexibility index (Phi) is 3.14. The lowest BCUT2D eigenvalue weighted by Crippen LogP contribution is -2.50. The smallest absolute Gasteiger partial charge is 0.255 e. The van der Waals surface area contributed by atoms with Crippen LogP contribution in [0.1, 0.15) is 22.2 Å². The topological polar surface area (TPSA) is 60.2 Å². The molecule has 0 aromatic carbocycles. The van der Waals surface area contributed by atoms with E-state index in [0.29, 0.717) is 30.6 Å². The predicted molar refractivity (Wildman–Crippen MR) is 72.7 cm³/mol. The van der Waals surface area contributed by atoms with Crippen LogP contribution >= 0.6 is 0 Å². The van der Waals surface area contributed by atoms with Crippen LogP contribution < -0.4 is 4.74 Å². The van der Waals surface area contributed by atoms with Crippen LogP contribution in [-0.4, -0.2) is 45.5 Å². The van der Waals surface area contributed by atoms with E-state index in [2.05, 4.69) is 14.5 Å². The fourth-order valence-electron chi connectivity index (χ4n) is 2.38. The number of ether oxygens (including phenoxy) is 1. The van der Waals surface area contributed by atoms with Gasteiger partial charge in [-0.2, -0.15) is 0 Å². The van der Waals surface area contributed by atoms with Crippen LogP contribution in [0.3, 0.4) is 0 Å². The second kappa shape index (κ2) is 4.96. The number of carbonyl (C=O) groups is 1. The van der Waals surface area contributed by atoms with Gasteiger partial charge in [-0.05, 0) is 13.0 Å². The highest BCUT2D eigenvalue weighted by Gasteiger charge is 2.32. The van der Waals surface area contributed by atoms with E-state index in [0.717, 1.165) is 5.82 Å². The Morgan fingerprint density at radius 1 is 1.35 bits per heavy atom. The minimum atomic E-state index is 0.00849. The van der Waals surface area contributed by atoms with Crippen molar-refractivity contribution in [2.24, 2.45) is 0 Å². The first-order valence-corrected chi connectivity index (χ1v) is 6.48. The molecule has 0 spiro atoms. The zero-order chi connectivity index (χ0) is 14.1. The number of aryl methyl sites for hydroxylation is 1. The molecule has 0 unspecified atom stereocenters. The fraction of sp³-hybridized carbons (Fsp3) is 0.357. The molecule has 6 nitrogen and oxygen atoms in total. The van der Waals surface area contributed by atoms with Crippen molar-refractivity contribution in [1.29, 1.82) is 0 Å². The summed E-state index contributed by atoms with van der Waals surface area (Å²) in [5.74, 6) is 1.50. The minimum Gasteiger partial charge on any atom is -0.481 e. The first kappa shape index (κ1) is 12.7. The van der Waals surface area contributed by atoms with Crippen molar-refractivity contribution in [2.45, 2.75) is 13.0 Å². The van der Waals surface area contributed by atoms with Gasteiger partial charge in [0.1, 0.15) is 5.82 Å². The van der Waals surface area contributed by atoms with Gasteiger partial charge in [0, 0.05) is 37.7 Å². The van der Waals surface area contributed by atoms with E-state index in [1.165, 1.54) is 0 Å². The van der Waals surface area contributed by atoms with E-state index in [9.17, 15) is 4.79 Å². The molecule has 20 heavy (non-hydrogen) atoms. The van der Waals surface area contributed by atoms with E-state index in [1.807, 2.05) is 18.0 Å². The van der Waals surface area contributed by atoms with Crippen molar-refractivity contribution in [3.05, 3.63) is 42.1 Å². The van der Waals surface area contributed by atoms with E-state index in [4.69, 9.17) is 4.74 Å². The first-order chi connectivity index (χ1) is 9.69. The van der Waals surface area contributed by atoms with E-state index >= 15 is 0 Å². The number of nitrogens with zero attached hydrogens (tertiary/aromatic N) is 4. The Labute approximate surface area is 117 Å². The maximum Gasteiger partial charge on any atom is 0.255 e. The third-order valence-corrected chi connectivity index (χ3v) is 3.60. The molecule has 0 atom stereocenters. The average Bonchev–Trinajstić information content (AvgIpc) is 2.83. The van der Waals surface area contributed by atoms with Crippen molar-refractivity contribution in [3.8, 4) is 5.88 Å². The third-order valence-electron chi connectivity index (χ3n) is 3.60. The zero-order valence-corrected chi connectivity index (χ0v) is 11.5. The Balaban J connectivity index is 1.64. The molecule has 0 bridgehead atoms. The molecule has 1 saturated heterocycles. The maximum atomic E-state index is 12.2. The second-order valence-electron chi connectivity index (χ2n) is 4.83. The molecule has 1 aliphatic rings. The molecule has 0 N–H and O–H groups in total. The molecule has 104 valence electrons. The number of imidazole rings is 1. The number of rotatable bonds is 3. The molecule has 1 amide bonds. The highest BCUT2D eigenvalue weighted by Crippen LogP contribution is 2.24. The van der Waals surface area contributed by atoms with Crippen LogP contribution in [0.4, 0.5) is 0 Å². The summed E-state index contributed by atoms with van der Waals surface area (Å²) in [5.41, 5.74) is 0.589. The third kappa shape index (κ3) is 2.13. The van der Waals surface area contributed by atoms with Crippen LogP contribution in [0, 0.1) is 6.92 Å². The van der Waals surface area contributed by atoms with Crippen molar-refractivity contribution in [3.63, 3.8) is 0 Å². The summed E-state index contributed by atoms with van der Waals surface area (Å²) in [6, 6.07) is 3.77. The molecule has 1 aliphatic heterocycles. The van der Waals surface area contributed by atoms with Gasteiger partial charge < -0.3 is 14.2 Å². The number of methoxy groups -OCH3 is 1. The van der Waals surface area contributed by atoms with Gasteiger partial charge in [-0.1, -0.05) is 0 Å². The molecule has 1 fully saturated rings. The molecular formula is C14H16N4O2. The molecule has 3 heterocycles. The second-order valence-corrected chi connectivity index (χ2v) is 4.83. The highest BCUT2D eigenvalue weighted by atomic mass is 16.5. The van der Waals surface area contributed by atoms with Crippen LogP contribution in [0.25, 0.3) is 0 Å². The fourth-order valence-corrected chi connectivity index (χ4v) is 2.38. The Morgan fingerprint density at radius 3 is 2.70 bits per heavy atom. The highest BCUT2D eigenvalue weighted by molar-refractivity contribution is 5.94. The van der Waals surface area contributed by atoms with Gasteiger partial charge in [0.25, 0.3) is 5.91 Å². The number of hydrogen-bond acceptors (Lipinski definition) is 4. The molecular weight excluding hydrogens is 256 g/mol. The van der Waals surface area contributed by atoms with Gasteiger partial charge in [-0.3, -0.25) is 4.79 Å². The van der Waals surface area contributed by atoms with Gasteiger partial charge in [0.15, 0.2) is 0 Å². The summed E-state index contributed by atoms with van der Waals surface area (Å²) in [5, 5.41) is 0.